The molecule has 0 atom stereocenters. The van der Waals surface area contributed by atoms with Crippen molar-refractivity contribution in [2.75, 3.05) is 13.1 Å². The highest BCUT2D eigenvalue weighted by molar-refractivity contribution is 5.31. The second-order valence-corrected chi connectivity index (χ2v) is 5.21. The first kappa shape index (κ1) is 17.0. The molecule has 1 fully saturated rings. The molecule has 0 unspecified atom stereocenters. The van der Waals surface area contributed by atoms with Gasteiger partial charge in [0.25, 0.3) is 0 Å². The van der Waals surface area contributed by atoms with Crippen molar-refractivity contribution in [3.63, 3.8) is 0 Å². The Labute approximate surface area is 137 Å². The number of hydrogen-bond acceptors (Lipinski definition) is 4. The molecule has 0 amide bonds. The van der Waals surface area contributed by atoms with Crippen molar-refractivity contribution < 1.29 is 4.74 Å². The first-order valence-electron chi connectivity index (χ1n) is 8.23. The van der Waals surface area contributed by atoms with Gasteiger partial charge in [-0.25, -0.2) is 0 Å². The van der Waals surface area contributed by atoms with Crippen LogP contribution in [-0.2, 0) is 6.61 Å². The molecule has 1 aromatic carbocycles. The van der Waals surface area contributed by atoms with E-state index in [-0.39, 0.29) is 0 Å². The van der Waals surface area contributed by atoms with Gasteiger partial charge in [0.2, 0.25) is 5.88 Å². The summed E-state index contributed by atoms with van der Waals surface area (Å²) < 4.78 is 7.72. The molecule has 5 nitrogen and oxygen atoms in total. The Morgan fingerprint density at radius 1 is 1.22 bits per heavy atom. The molecule has 3 rings (SSSR count). The Morgan fingerprint density at radius 2 is 1.91 bits per heavy atom. The zero-order valence-electron chi connectivity index (χ0n) is 13.8. The van der Waals surface area contributed by atoms with Crippen LogP contribution in [-0.4, -0.2) is 22.9 Å². The fourth-order valence-corrected chi connectivity index (χ4v) is 2.50. The monoisotopic (exact) mass is 312 g/mol. The molecule has 1 N–H and O–H groups in total. The number of hydrogen-bond donors (Lipinski definition) is 1. The summed E-state index contributed by atoms with van der Waals surface area (Å²) >= 11 is 0. The van der Waals surface area contributed by atoms with Crippen molar-refractivity contribution in [2.45, 2.75) is 39.3 Å². The molecule has 23 heavy (non-hydrogen) atoms. The molecule has 0 spiro atoms. The number of ether oxygens (including phenoxy) is 1. The van der Waals surface area contributed by atoms with Crippen LogP contribution in [0.25, 0.3) is 0 Å². The largest absolute Gasteiger partial charge is 0.472 e. The van der Waals surface area contributed by atoms with E-state index in [0.29, 0.717) is 24.1 Å². The summed E-state index contributed by atoms with van der Waals surface area (Å²) in [6.07, 6.45) is 4.21. The molecule has 122 valence electrons. The van der Waals surface area contributed by atoms with Gasteiger partial charge in [0.15, 0.2) is 0 Å². The highest BCUT2D eigenvalue weighted by atomic mass is 16.5. The van der Waals surface area contributed by atoms with E-state index in [1.165, 1.54) is 0 Å². The standard InChI is InChI=1S/C16H18N4O.C2H6/c17-11-13-1-3-14(4-2-13)12-21-16-7-10-20(19-16)15-5-8-18-9-6-15;1-2/h1-4,7,10,15,18H,5-6,8-9,12H2;1-2H3. The molecule has 0 bridgehead atoms. The molecule has 2 aromatic rings. The molecule has 1 saturated heterocycles. The van der Waals surface area contributed by atoms with Gasteiger partial charge in [-0.2, -0.15) is 5.26 Å². The lowest BCUT2D eigenvalue weighted by molar-refractivity contribution is 0.278. The minimum atomic E-state index is 0.467. The Hall–Kier alpha value is -2.32. The third kappa shape index (κ3) is 4.83. The Kier molecular flexibility index (Phi) is 6.64. The molecule has 1 aliphatic heterocycles. The first-order chi connectivity index (χ1) is 11.3. The minimum Gasteiger partial charge on any atom is -0.472 e. The Balaban J connectivity index is 0.000000924. The molecule has 2 heterocycles. The third-order valence-electron chi connectivity index (χ3n) is 3.74. The molecule has 0 radical (unpaired) electrons. The van der Waals surface area contributed by atoms with Gasteiger partial charge in [-0.05, 0) is 43.6 Å². The van der Waals surface area contributed by atoms with E-state index in [2.05, 4.69) is 16.5 Å². The number of nitriles is 1. The van der Waals surface area contributed by atoms with Gasteiger partial charge in [-0.3, -0.25) is 4.68 Å². The predicted molar refractivity (Wildman–Crippen MR) is 90.2 cm³/mol. The highest BCUT2D eigenvalue weighted by Crippen LogP contribution is 2.20. The van der Waals surface area contributed by atoms with Crippen molar-refractivity contribution >= 4 is 0 Å². The number of nitrogens with zero attached hydrogens (tertiary/aromatic N) is 3. The molecule has 5 heteroatoms. The molecule has 1 aromatic heterocycles. The van der Waals surface area contributed by atoms with Crippen LogP contribution in [0.4, 0.5) is 0 Å². The lowest BCUT2D eigenvalue weighted by atomic mass is 10.1. The maximum absolute atomic E-state index is 8.76. The van der Waals surface area contributed by atoms with Crippen molar-refractivity contribution in [1.29, 1.82) is 5.26 Å². The SMILES string of the molecule is CC.N#Cc1ccc(COc2ccn(C3CCNCC3)n2)cc1. The van der Waals surface area contributed by atoms with Crippen LogP contribution in [0.2, 0.25) is 0 Å². The fourth-order valence-electron chi connectivity index (χ4n) is 2.50. The van der Waals surface area contributed by atoms with E-state index < -0.39 is 0 Å². The van der Waals surface area contributed by atoms with E-state index in [4.69, 9.17) is 10.00 Å². The van der Waals surface area contributed by atoms with Gasteiger partial charge in [0, 0.05) is 12.3 Å². The van der Waals surface area contributed by atoms with Gasteiger partial charge in [0.1, 0.15) is 6.61 Å². The quantitative estimate of drug-likeness (QED) is 0.941. The third-order valence-corrected chi connectivity index (χ3v) is 3.74. The summed E-state index contributed by atoms with van der Waals surface area (Å²) in [4.78, 5) is 0. The summed E-state index contributed by atoms with van der Waals surface area (Å²) in [6.45, 7) is 6.56. The second-order valence-electron chi connectivity index (χ2n) is 5.21. The van der Waals surface area contributed by atoms with Crippen LogP contribution in [0.5, 0.6) is 5.88 Å². The average molecular weight is 312 g/mol. The van der Waals surface area contributed by atoms with E-state index in [1.54, 1.807) is 12.1 Å². The van der Waals surface area contributed by atoms with Crippen LogP contribution in [0.3, 0.4) is 0 Å². The first-order valence-corrected chi connectivity index (χ1v) is 8.23. The van der Waals surface area contributed by atoms with Gasteiger partial charge >= 0.3 is 0 Å². The van der Waals surface area contributed by atoms with E-state index in [9.17, 15) is 0 Å². The minimum absolute atomic E-state index is 0.467. The maximum Gasteiger partial charge on any atom is 0.233 e. The second kappa shape index (κ2) is 8.96. The van der Waals surface area contributed by atoms with E-state index in [1.807, 2.05) is 42.9 Å². The van der Waals surface area contributed by atoms with Gasteiger partial charge < -0.3 is 10.1 Å². The number of rotatable bonds is 4. The topological polar surface area (TPSA) is 62.9 Å². The van der Waals surface area contributed by atoms with Gasteiger partial charge in [-0.1, -0.05) is 26.0 Å². The maximum atomic E-state index is 8.76. The molecule has 0 aliphatic carbocycles. The number of aromatic nitrogens is 2. The lowest BCUT2D eigenvalue weighted by Gasteiger charge is -2.22. The number of benzene rings is 1. The van der Waals surface area contributed by atoms with Crippen molar-refractivity contribution in [3.05, 3.63) is 47.7 Å². The Bertz CT molecular complexity index is 621. The summed E-state index contributed by atoms with van der Waals surface area (Å²) in [7, 11) is 0. The summed E-state index contributed by atoms with van der Waals surface area (Å²) in [5, 5.41) is 16.6. The number of piperidine rings is 1. The summed E-state index contributed by atoms with van der Waals surface area (Å²) in [6, 6.07) is 11.9. The zero-order chi connectivity index (χ0) is 16.5. The van der Waals surface area contributed by atoms with E-state index >= 15 is 0 Å². The van der Waals surface area contributed by atoms with Crippen LogP contribution in [0, 0.1) is 11.3 Å². The molecular weight excluding hydrogens is 288 g/mol. The van der Waals surface area contributed by atoms with Crippen molar-refractivity contribution in [3.8, 4) is 11.9 Å². The van der Waals surface area contributed by atoms with Crippen molar-refractivity contribution in [1.82, 2.24) is 15.1 Å². The normalized spacial score (nSPS) is 14.5. The van der Waals surface area contributed by atoms with Gasteiger partial charge in [0.05, 0.1) is 17.7 Å². The highest BCUT2D eigenvalue weighted by Gasteiger charge is 2.15. The molecule has 0 saturated carbocycles. The predicted octanol–water partition coefficient (Wildman–Crippen LogP) is 3.28. The van der Waals surface area contributed by atoms with Crippen LogP contribution < -0.4 is 10.1 Å². The summed E-state index contributed by atoms with van der Waals surface area (Å²) in [5.41, 5.74) is 1.69. The molecule has 1 aliphatic rings. The van der Waals surface area contributed by atoms with Crippen LogP contribution in [0.15, 0.2) is 36.5 Å². The zero-order valence-corrected chi connectivity index (χ0v) is 13.8. The fraction of sp³-hybridized carbons (Fsp3) is 0.444. The van der Waals surface area contributed by atoms with Crippen molar-refractivity contribution in [2.24, 2.45) is 0 Å². The van der Waals surface area contributed by atoms with Crippen LogP contribution >= 0.6 is 0 Å². The van der Waals surface area contributed by atoms with E-state index in [0.717, 1.165) is 31.5 Å². The van der Waals surface area contributed by atoms with Crippen LogP contribution in [0.1, 0.15) is 43.9 Å². The van der Waals surface area contributed by atoms with Gasteiger partial charge in [-0.15, -0.1) is 5.10 Å². The summed E-state index contributed by atoms with van der Waals surface area (Å²) in [5.74, 6) is 0.651. The Morgan fingerprint density at radius 3 is 2.57 bits per heavy atom. The molecular formula is C18H24N4O. The lowest BCUT2D eigenvalue weighted by Crippen LogP contribution is -2.29. The average Bonchev–Trinajstić information content (AvgIpc) is 3.12. The number of nitrogens with one attached hydrogen (secondary N) is 1. The smallest absolute Gasteiger partial charge is 0.233 e.